The molecule has 0 aromatic heterocycles. The summed E-state index contributed by atoms with van der Waals surface area (Å²) in [5, 5.41) is 2.43. The van der Waals surface area contributed by atoms with E-state index in [1.807, 2.05) is 24.0 Å². The van der Waals surface area contributed by atoms with E-state index < -0.39 is 18.2 Å². The summed E-state index contributed by atoms with van der Waals surface area (Å²) < 4.78 is 13.2. The van der Waals surface area contributed by atoms with Gasteiger partial charge < -0.3 is 14.7 Å². The first-order valence-electron chi connectivity index (χ1n) is 11.5. The van der Waals surface area contributed by atoms with Gasteiger partial charge in [0.2, 0.25) is 5.96 Å². The summed E-state index contributed by atoms with van der Waals surface area (Å²) in [5.74, 6) is 0.259. The smallest absolute Gasteiger partial charge is 0.325 e. The SMILES string of the molecule is CC1=C(C)N2C(=NC3C2C(=O)NC(=O)N3C)N1CCCN1CCN(c2ccc(F)cc2)CC1. The summed E-state index contributed by atoms with van der Waals surface area (Å²) >= 11 is 0. The Labute approximate surface area is 193 Å². The van der Waals surface area contributed by atoms with Gasteiger partial charge in [0.15, 0.2) is 12.2 Å². The average molecular weight is 456 g/mol. The van der Waals surface area contributed by atoms with Crippen LogP contribution in [0.15, 0.2) is 40.7 Å². The third-order valence-electron chi connectivity index (χ3n) is 7.19. The molecule has 1 N–H and O–H groups in total. The number of amides is 3. The maximum Gasteiger partial charge on any atom is 0.325 e. The van der Waals surface area contributed by atoms with Crippen LogP contribution in [-0.2, 0) is 4.79 Å². The number of anilines is 1. The van der Waals surface area contributed by atoms with Crippen LogP contribution >= 0.6 is 0 Å². The number of urea groups is 1. The number of guanidine groups is 1. The van der Waals surface area contributed by atoms with Gasteiger partial charge in [-0.1, -0.05) is 0 Å². The van der Waals surface area contributed by atoms with Gasteiger partial charge in [0.1, 0.15) is 5.82 Å². The van der Waals surface area contributed by atoms with Gasteiger partial charge in [0.25, 0.3) is 5.91 Å². The van der Waals surface area contributed by atoms with Crippen molar-refractivity contribution in [3.05, 3.63) is 41.5 Å². The molecule has 3 amide bonds. The number of imide groups is 1. The summed E-state index contributed by atoms with van der Waals surface area (Å²) in [7, 11) is 1.67. The number of hydrogen-bond acceptors (Lipinski definition) is 7. The van der Waals surface area contributed by atoms with Crippen molar-refractivity contribution >= 4 is 23.6 Å². The van der Waals surface area contributed by atoms with Crippen LogP contribution in [0.2, 0.25) is 0 Å². The highest BCUT2D eigenvalue weighted by Crippen LogP contribution is 2.36. The predicted molar refractivity (Wildman–Crippen MR) is 123 cm³/mol. The fourth-order valence-electron chi connectivity index (χ4n) is 5.13. The van der Waals surface area contributed by atoms with Gasteiger partial charge in [-0.05, 0) is 51.1 Å². The summed E-state index contributed by atoms with van der Waals surface area (Å²) in [6, 6.07) is 5.79. The fourth-order valence-corrected chi connectivity index (χ4v) is 5.13. The third kappa shape index (κ3) is 3.72. The monoisotopic (exact) mass is 455 g/mol. The van der Waals surface area contributed by atoms with Gasteiger partial charge in [-0.2, -0.15) is 0 Å². The topological polar surface area (TPSA) is 74.7 Å². The molecule has 0 aliphatic carbocycles. The van der Waals surface area contributed by atoms with Crippen molar-refractivity contribution in [2.75, 3.05) is 51.2 Å². The maximum atomic E-state index is 13.2. The standard InChI is InChI=1S/C23H30FN7O2/c1-15-16(2)31-19-20(27(3)23(33)26-21(19)32)25-22(31)30(15)10-4-9-28-11-13-29(14-12-28)18-7-5-17(24)6-8-18/h5-8,19-20H,4,9-14H2,1-3H3,(H,26,32,33). The van der Waals surface area contributed by atoms with E-state index in [0.29, 0.717) is 0 Å². The molecule has 0 bridgehead atoms. The van der Waals surface area contributed by atoms with E-state index in [1.165, 1.54) is 17.0 Å². The van der Waals surface area contributed by atoms with Gasteiger partial charge in [-0.25, -0.2) is 14.2 Å². The number of fused-ring (bicyclic) bond motifs is 3. The highest BCUT2D eigenvalue weighted by Gasteiger charge is 2.52. The predicted octanol–water partition coefficient (Wildman–Crippen LogP) is 1.45. The average Bonchev–Trinajstić information content (AvgIpc) is 3.30. The zero-order valence-electron chi connectivity index (χ0n) is 19.3. The summed E-state index contributed by atoms with van der Waals surface area (Å²) in [6.45, 7) is 9.62. The number of allylic oxidation sites excluding steroid dienone is 2. The van der Waals surface area contributed by atoms with E-state index in [1.54, 1.807) is 7.05 Å². The van der Waals surface area contributed by atoms with E-state index in [-0.39, 0.29) is 11.7 Å². The number of carbonyl (C=O) groups is 2. The molecule has 10 heteroatoms. The summed E-state index contributed by atoms with van der Waals surface area (Å²) in [4.78, 5) is 39.7. The quantitative estimate of drug-likeness (QED) is 0.725. The molecule has 176 valence electrons. The highest BCUT2D eigenvalue weighted by atomic mass is 19.1. The fraction of sp³-hybridized carbons (Fsp3) is 0.522. The number of piperazine rings is 1. The highest BCUT2D eigenvalue weighted by molar-refractivity contribution is 6.05. The van der Waals surface area contributed by atoms with Crippen molar-refractivity contribution in [1.82, 2.24) is 24.9 Å². The molecule has 0 spiro atoms. The summed E-state index contributed by atoms with van der Waals surface area (Å²) in [6.07, 6.45) is 0.468. The van der Waals surface area contributed by atoms with Gasteiger partial charge in [0, 0.05) is 56.9 Å². The first-order valence-corrected chi connectivity index (χ1v) is 11.5. The number of likely N-dealkylation sites (N-methyl/N-ethyl adjacent to an activating group) is 1. The summed E-state index contributed by atoms with van der Waals surface area (Å²) in [5.41, 5.74) is 3.17. The maximum absolute atomic E-state index is 13.2. The van der Waals surface area contributed by atoms with Crippen LogP contribution in [0.25, 0.3) is 0 Å². The molecular weight excluding hydrogens is 425 g/mol. The van der Waals surface area contributed by atoms with E-state index in [9.17, 15) is 14.0 Å². The Balaban J connectivity index is 1.17. The Hall–Kier alpha value is -3.14. The van der Waals surface area contributed by atoms with E-state index >= 15 is 0 Å². The van der Waals surface area contributed by atoms with Crippen LogP contribution in [0.1, 0.15) is 20.3 Å². The molecule has 1 aromatic rings. The minimum Gasteiger partial charge on any atom is -0.369 e. The minimum atomic E-state index is -0.512. The lowest BCUT2D eigenvalue weighted by Gasteiger charge is -2.36. The van der Waals surface area contributed by atoms with Crippen molar-refractivity contribution < 1.29 is 14.0 Å². The molecule has 0 radical (unpaired) electrons. The molecule has 2 saturated heterocycles. The molecular formula is C23H30FN7O2. The van der Waals surface area contributed by atoms with Crippen LogP contribution in [0, 0.1) is 5.82 Å². The molecule has 2 fully saturated rings. The van der Waals surface area contributed by atoms with Crippen molar-refractivity contribution in [2.24, 2.45) is 4.99 Å². The van der Waals surface area contributed by atoms with Crippen LogP contribution in [0.4, 0.5) is 14.9 Å². The van der Waals surface area contributed by atoms with Crippen LogP contribution in [-0.4, -0.2) is 96.0 Å². The Kier molecular flexibility index (Phi) is 5.48. The number of hydrogen-bond donors (Lipinski definition) is 1. The second-order valence-corrected chi connectivity index (χ2v) is 9.04. The first-order chi connectivity index (χ1) is 15.8. The van der Waals surface area contributed by atoms with Gasteiger partial charge in [-0.15, -0.1) is 0 Å². The molecule has 4 aliphatic heterocycles. The van der Waals surface area contributed by atoms with Crippen LogP contribution in [0.3, 0.4) is 0 Å². The number of nitrogens with zero attached hydrogens (tertiary/aromatic N) is 6. The number of nitrogens with one attached hydrogen (secondary N) is 1. The number of halogens is 1. The molecule has 5 rings (SSSR count). The second-order valence-electron chi connectivity index (χ2n) is 9.04. The molecule has 4 heterocycles. The Morgan fingerprint density at radius 2 is 1.73 bits per heavy atom. The van der Waals surface area contributed by atoms with Crippen molar-refractivity contribution in [3.63, 3.8) is 0 Å². The normalized spacial score (nSPS) is 25.5. The van der Waals surface area contributed by atoms with Crippen molar-refractivity contribution in [3.8, 4) is 0 Å². The Morgan fingerprint density at radius 1 is 1.03 bits per heavy atom. The third-order valence-corrected chi connectivity index (χ3v) is 7.19. The van der Waals surface area contributed by atoms with Gasteiger partial charge >= 0.3 is 6.03 Å². The number of rotatable bonds is 5. The lowest BCUT2D eigenvalue weighted by Crippen LogP contribution is -2.63. The number of carbonyl (C=O) groups excluding carboxylic acids is 2. The number of benzene rings is 1. The van der Waals surface area contributed by atoms with Crippen molar-refractivity contribution in [2.45, 2.75) is 32.5 Å². The largest absolute Gasteiger partial charge is 0.369 e. The molecule has 0 saturated carbocycles. The van der Waals surface area contributed by atoms with E-state index in [0.717, 1.165) is 68.7 Å². The molecule has 2 atom stereocenters. The molecule has 1 aromatic carbocycles. The first kappa shape index (κ1) is 21.7. The lowest BCUT2D eigenvalue weighted by atomic mass is 10.1. The number of aliphatic imine (C=N–C) groups is 1. The van der Waals surface area contributed by atoms with Gasteiger partial charge in [0.05, 0.1) is 0 Å². The van der Waals surface area contributed by atoms with E-state index in [4.69, 9.17) is 4.99 Å². The van der Waals surface area contributed by atoms with E-state index in [2.05, 4.69) is 26.9 Å². The van der Waals surface area contributed by atoms with Crippen molar-refractivity contribution in [1.29, 1.82) is 0 Å². The zero-order valence-corrected chi connectivity index (χ0v) is 19.3. The minimum absolute atomic E-state index is 0.206. The van der Waals surface area contributed by atoms with Crippen LogP contribution < -0.4 is 10.2 Å². The zero-order chi connectivity index (χ0) is 23.3. The molecule has 9 nitrogen and oxygen atoms in total. The lowest BCUT2D eigenvalue weighted by molar-refractivity contribution is -0.126. The Bertz CT molecular complexity index is 1020. The second kappa shape index (κ2) is 8.33. The Morgan fingerprint density at radius 3 is 2.42 bits per heavy atom. The molecule has 2 unspecified atom stereocenters. The molecule has 4 aliphatic rings. The van der Waals surface area contributed by atoms with Crippen LogP contribution in [0.5, 0.6) is 0 Å². The molecule has 33 heavy (non-hydrogen) atoms. The van der Waals surface area contributed by atoms with Gasteiger partial charge in [-0.3, -0.25) is 19.9 Å².